The molecule has 1 N–H and O–H groups in total. The van der Waals surface area contributed by atoms with Crippen LogP contribution in [0, 0.1) is 0 Å². The molecule has 17 heavy (non-hydrogen) atoms. The number of rotatable bonds is 2. The van der Waals surface area contributed by atoms with Gasteiger partial charge in [0, 0.05) is 5.02 Å². The summed E-state index contributed by atoms with van der Waals surface area (Å²) in [6.07, 6.45) is 0. The Hall–Kier alpha value is -1.55. The first-order valence-corrected chi connectivity index (χ1v) is 5.66. The summed E-state index contributed by atoms with van der Waals surface area (Å²) in [4.78, 5) is 24.8. The van der Waals surface area contributed by atoms with Crippen molar-refractivity contribution in [3.63, 3.8) is 0 Å². The second-order valence-electron chi connectivity index (χ2n) is 4.57. The molecule has 1 fully saturated rings. The van der Waals surface area contributed by atoms with E-state index in [-0.39, 0.29) is 18.5 Å². The fraction of sp³-hybridized carbons (Fsp3) is 0.333. The molecule has 5 heteroatoms. The molecule has 0 atom stereocenters. The Kier molecular flexibility index (Phi) is 2.83. The lowest BCUT2D eigenvalue weighted by Crippen LogP contribution is -2.40. The van der Waals surface area contributed by atoms with Crippen LogP contribution in [-0.2, 0) is 11.3 Å². The van der Waals surface area contributed by atoms with Gasteiger partial charge in [-0.3, -0.25) is 9.69 Å². The molecule has 1 aromatic rings. The number of hydrogen-bond donors (Lipinski definition) is 1. The van der Waals surface area contributed by atoms with E-state index in [0.29, 0.717) is 5.02 Å². The van der Waals surface area contributed by atoms with Gasteiger partial charge in [0.15, 0.2) is 0 Å². The maximum Gasteiger partial charge on any atom is 0.325 e. The molecule has 1 aliphatic rings. The van der Waals surface area contributed by atoms with Crippen molar-refractivity contribution in [2.45, 2.75) is 25.9 Å². The molecule has 0 aliphatic carbocycles. The standard InChI is InChI=1S/C12H13ClN2O2/c1-12(2)10(16)15(11(17)14-12)7-8-3-5-9(13)6-4-8/h3-6H,7H2,1-2H3,(H,14,17). The molecule has 90 valence electrons. The summed E-state index contributed by atoms with van der Waals surface area (Å²) in [5.41, 5.74) is 0.0550. The van der Waals surface area contributed by atoms with E-state index in [1.807, 2.05) is 0 Å². The Balaban J connectivity index is 2.17. The van der Waals surface area contributed by atoms with Crippen molar-refractivity contribution in [3.05, 3.63) is 34.9 Å². The Bertz CT molecular complexity index is 468. The molecule has 0 bridgehead atoms. The lowest BCUT2D eigenvalue weighted by molar-refractivity contribution is -0.130. The maximum absolute atomic E-state index is 11.9. The summed E-state index contributed by atoms with van der Waals surface area (Å²) in [7, 11) is 0. The quantitative estimate of drug-likeness (QED) is 0.820. The Morgan fingerprint density at radius 2 is 1.82 bits per heavy atom. The topological polar surface area (TPSA) is 49.4 Å². The molecule has 0 saturated carbocycles. The lowest BCUT2D eigenvalue weighted by atomic mass is 10.1. The van der Waals surface area contributed by atoms with Crippen molar-refractivity contribution in [1.29, 1.82) is 0 Å². The molecule has 0 spiro atoms. The molecule has 3 amide bonds. The highest BCUT2D eigenvalue weighted by molar-refractivity contribution is 6.30. The van der Waals surface area contributed by atoms with Crippen molar-refractivity contribution in [2.75, 3.05) is 0 Å². The summed E-state index contributed by atoms with van der Waals surface area (Å²) >= 11 is 5.77. The van der Waals surface area contributed by atoms with Gasteiger partial charge >= 0.3 is 6.03 Å². The zero-order valence-electron chi connectivity index (χ0n) is 9.66. The van der Waals surface area contributed by atoms with Gasteiger partial charge in [-0.2, -0.15) is 0 Å². The molecule has 0 unspecified atom stereocenters. The third kappa shape index (κ3) is 2.26. The van der Waals surface area contributed by atoms with Gasteiger partial charge in [-0.1, -0.05) is 23.7 Å². The lowest BCUT2D eigenvalue weighted by Gasteiger charge is -2.15. The molecular weight excluding hydrogens is 240 g/mol. The SMILES string of the molecule is CC1(C)NC(=O)N(Cc2ccc(Cl)cc2)C1=O. The van der Waals surface area contributed by atoms with Gasteiger partial charge in [0.25, 0.3) is 5.91 Å². The molecule has 4 nitrogen and oxygen atoms in total. The molecule has 1 aromatic carbocycles. The minimum atomic E-state index is -0.816. The number of halogens is 1. The molecule has 0 aromatic heterocycles. The van der Waals surface area contributed by atoms with Crippen LogP contribution in [0.1, 0.15) is 19.4 Å². The average molecular weight is 253 g/mol. The zero-order chi connectivity index (χ0) is 12.6. The Morgan fingerprint density at radius 1 is 1.24 bits per heavy atom. The minimum Gasteiger partial charge on any atom is -0.324 e. The van der Waals surface area contributed by atoms with Crippen LogP contribution in [0.3, 0.4) is 0 Å². The van der Waals surface area contributed by atoms with Crippen LogP contribution in [0.15, 0.2) is 24.3 Å². The Morgan fingerprint density at radius 3 is 2.29 bits per heavy atom. The number of benzene rings is 1. The maximum atomic E-state index is 11.9. The monoisotopic (exact) mass is 252 g/mol. The summed E-state index contributed by atoms with van der Waals surface area (Å²) in [6.45, 7) is 3.65. The summed E-state index contributed by atoms with van der Waals surface area (Å²) in [5, 5.41) is 3.27. The highest BCUT2D eigenvalue weighted by atomic mass is 35.5. The van der Waals surface area contributed by atoms with Crippen LogP contribution in [0.5, 0.6) is 0 Å². The second kappa shape index (κ2) is 4.04. The number of carbonyl (C=O) groups is 2. The van der Waals surface area contributed by atoms with E-state index >= 15 is 0 Å². The predicted molar refractivity (Wildman–Crippen MR) is 64.6 cm³/mol. The molecule has 1 saturated heterocycles. The molecular formula is C12H13ClN2O2. The molecule has 1 aliphatic heterocycles. The van der Waals surface area contributed by atoms with Crippen molar-refractivity contribution in [3.8, 4) is 0 Å². The highest BCUT2D eigenvalue weighted by Gasteiger charge is 2.43. The Labute approximate surface area is 105 Å². The fourth-order valence-corrected chi connectivity index (χ4v) is 1.86. The first-order valence-electron chi connectivity index (χ1n) is 5.29. The summed E-state index contributed by atoms with van der Waals surface area (Å²) in [5.74, 6) is -0.211. The summed E-state index contributed by atoms with van der Waals surface area (Å²) in [6, 6.07) is 6.72. The van der Waals surface area contributed by atoms with Gasteiger partial charge in [-0.15, -0.1) is 0 Å². The third-order valence-corrected chi connectivity index (χ3v) is 2.95. The van der Waals surface area contributed by atoms with Crippen LogP contribution in [0.4, 0.5) is 4.79 Å². The molecule has 1 heterocycles. The highest BCUT2D eigenvalue weighted by Crippen LogP contribution is 2.19. The average Bonchev–Trinajstić information content (AvgIpc) is 2.44. The van der Waals surface area contributed by atoms with Crippen molar-refractivity contribution < 1.29 is 9.59 Å². The van der Waals surface area contributed by atoms with Crippen molar-refractivity contribution in [1.82, 2.24) is 10.2 Å². The number of imide groups is 1. The molecule has 2 rings (SSSR count). The number of nitrogens with one attached hydrogen (secondary N) is 1. The predicted octanol–water partition coefficient (Wildman–Crippen LogP) is 2.17. The van der Waals surface area contributed by atoms with E-state index in [2.05, 4.69) is 5.32 Å². The first kappa shape index (κ1) is 11.9. The minimum absolute atomic E-state index is 0.211. The van der Waals surface area contributed by atoms with E-state index in [0.717, 1.165) is 5.56 Å². The van der Waals surface area contributed by atoms with Gasteiger partial charge in [0.05, 0.1) is 6.54 Å². The van der Waals surface area contributed by atoms with E-state index in [9.17, 15) is 9.59 Å². The van der Waals surface area contributed by atoms with Gasteiger partial charge in [0.1, 0.15) is 5.54 Å². The van der Waals surface area contributed by atoms with Gasteiger partial charge < -0.3 is 5.32 Å². The fourth-order valence-electron chi connectivity index (χ4n) is 1.73. The number of amides is 3. The largest absolute Gasteiger partial charge is 0.325 e. The van der Waals surface area contributed by atoms with Gasteiger partial charge in [-0.05, 0) is 31.5 Å². The second-order valence-corrected chi connectivity index (χ2v) is 5.01. The normalized spacial score (nSPS) is 18.4. The van der Waals surface area contributed by atoms with Crippen LogP contribution < -0.4 is 5.32 Å². The van der Waals surface area contributed by atoms with Crippen LogP contribution >= 0.6 is 11.6 Å². The van der Waals surface area contributed by atoms with Crippen LogP contribution in [0.2, 0.25) is 5.02 Å². The molecule has 0 radical (unpaired) electrons. The van der Waals surface area contributed by atoms with E-state index < -0.39 is 5.54 Å². The number of carbonyl (C=O) groups excluding carboxylic acids is 2. The third-order valence-electron chi connectivity index (χ3n) is 2.70. The smallest absolute Gasteiger partial charge is 0.324 e. The number of urea groups is 1. The number of nitrogens with zero attached hydrogens (tertiary/aromatic N) is 1. The first-order chi connectivity index (χ1) is 7.90. The van der Waals surface area contributed by atoms with E-state index in [4.69, 9.17) is 11.6 Å². The summed E-state index contributed by atoms with van der Waals surface area (Å²) < 4.78 is 0. The van der Waals surface area contributed by atoms with Gasteiger partial charge in [0.2, 0.25) is 0 Å². The van der Waals surface area contributed by atoms with Crippen LogP contribution in [0.25, 0.3) is 0 Å². The van der Waals surface area contributed by atoms with Crippen LogP contribution in [-0.4, -0.2) is 22.4 Å². The van der Waals surface area contributed by atoms with Crippen molar-refractivity contribution >= 4 is 23.5 Å². The number of hydrogen-bond acceptors (Lipinski definition) is 2. The zero-order valence-corrected chi connectivity index (χ0v) is 10.4. The van der Waals surface area contributed by atoms with Gasteiger partial charge in [-0.25, -0.2) is 4.79 Å². The van der Waals surface area contributed by atoms with E-state index in [1.54, 1.807) is 38.1 Å². The van der Waals surface area contributed by atoms with Crippen molar-refractivity contribution in [2.24, 2.45) is 0 Å². The van der Waals surface area contributed by atoms with E-state index in [1.165, 1.54) is 4.90 Å².